The molecule has 0 aromatic carbocycles. The van der Waals surface area contributed by atoms with Gasteiger partial charge in [-0.2, -0.15) is 0 Å². The Morgan fingerprint density at radius 1 is 1.46 bits per heavy atom. The smallest absolute Gasteiger partial charge is 0.191 e. The Morgan fingerprint density at radius 2 is 2.17 bits per heavy atom. The number of halogens is 1. The summed E-state index contributed by atoms with van der Waals surface area (Å²) in [5.41, 5.74) is 1.22. The van der Waals surface area contributed by atoms with E-state index < -0.39 is 0 Å². The fourth-order valence-corrected chi connectivity index (χ4v) is 3.43. The second-order valence-corrected chi connectivity index (χ2v) is 7.55. The van der Waals surface area contributed by atoms with Gasteiger partial charge in [-0.15, -0.1) is 35.3 Å². The molecule has 7 heteroatoms. The minimum absolute atomic E-state index is 0. The zero-order valence-electron chi connectivity index (χ0n) is 15.3. The van der Waals surface area contributed by atoms with E-state index in [1.807, 2.05) is 7.05 Å². The van der Waals surface area contributed by atoms with E-state index in [2.05, 4.69) is 51.7 Å². The first-order valence-corrected chi connectivity index (χ1v) is 9.59. The van der Waals surface area contributed by atoms with Gasteiger partial charge in [0.15, 0.2) is 5.96 Å². The zero-order valence-corrected chi connectivity index (χ0v) is 18.5. The maximum Gasteiger partial charge on any atom is 0.191 e. The van der Waals surface area contributed by atoms with Crippen molar-refractivity contribution in [1.29, 1.82) is 0 Å². The van der Waals surface area contributed by atoms with Crippen LogP contribution in [0, 0.1) is 12.8 Å². The first-order valence-electron chi connectivity index (χ1n) is 8.71. The van der Waals surface area contributed by atoms with Gasteiger partial charge in [-0.3, -0.25) is 9.89 Å². The van der Waals surface area contributed by atoms with Gasteiger partial charge in [-0.25, -0.2) is 4.98 Å². The van der Waals surface area contributed by atoms with Gasteiger partial charge in [-0.05, 0) is 52.1 Å². The second kappa shape index (κ2) is 11.3. The van der Waals surface area contributed by atoms with Crippen molar-refractivity contribution in [2.75, 3.05) is 26.7 Å². The summed E-state index contributed by atoms with van der Waals surface area (Å²) in [4.78, 5) is 11.4. The maximum atomic E-state index is 4.57. The third-order valence-corrected chi connectivity index (χ3v) is 5.36. The van der Waals surface area contributed by atoms with E-state index >= 15 is 0 Å². The van der Waals surface area contributed by atoms with Crippen LogP contribution in [0.15, 0.2) is 10.4 Å². The number of aliphatic imine (C=N–C) groups is 1. The molecular formula is C17H32IN5S. The summed E-state index contributed by atoms with van der Waals surface area (Å²) in [6.45, 7) is 10.8. The lowest BCUT2D eigenvalue weighted by Gasteiger charge is -2.32. The summed E-state index contributed by atoms with van der Waals surface area (Å²) in [6, 6.07) is 0.463. The van der Waals surface area contributed by atoms with Crippen molar-refractivity contribution in [2.24, 2.45) is 10.9 Å². The van der Waals surface area contributed by atoms with Crippen LogP contribution in [0.1, 0.15) is 43.8 Å². The highest BCUT2D eigenvalue weighted by molar-refractivity contribution is 14.0. The normalized spacial score (nSPS) is 18.1. The molecule has 1 atom stereocenters. The molecule has 1 unspecified atom stereocenters. The van der Waals surface area contributed by atoms with E-state index in [1.165, 1.54) is 36.6 Å². The van der Waals surface area contributed by atoms with Gasteiger partial charge in [0, 0.05) is 31.6 Å². The minimum atomic E-state index is 0. The highest BCUT2D eigenvalue weighted by atomic mass is 127. The number of likely N-dealkylation sites (tertiary alicyclic amines) is 1. The molecule has 2 heterocycles. The summed E-state index contributed by atoms with van der Waals surface area (Å²) in [6.07, 6.45) is 3.60. The third-order valence-electron chi connectivity index (χ3n) is 4.54. The van der Waals surface area contributed by atoms with Crippen molar-refractivity contribution < 1.29 is 0 Å². The van der Waals surface area contributed by atoms with E-state index in [1.54, 1.807) is 11.3 Å². The molecule has 1 aromatic heterocycles. The van der Waals surface area contributed by atoms with Crippen LogP contribution in [0.3, 0.4) is 0 Å². The molecule has 0 spiro atoms. The number of guanidine groups is 1. The number of thiazole rings is 1. The number of aromatic nitrogens is 1. The Kier molecular flexibility index (Phi) is 10.1. The molecule has 0 bridgehead atoms. The van der Waals surface area contributed by atoms with Gasteiger partial charge in [-0.1, -0.05) is 6.92 Å². The first-order chi connectivity index (χ1) is 11.1. The standard InChI is InChI=1S/C17H31N5S.HI/c1-5-13(2)20-17(18-4)19-10-15-6-8-22(9-7-15)11-16-12-23-14(3)21-16;/h12-13,15H,5-11H2,1-4H3,(H2,18,19,20);1H. The van der Waals surface area contributed by atoms with Crippen molar-refractivity contribution in [1.82, 2.24) is 20.5 Å². The topological polar surface area (TPSA) is 52.6 Å². The highest BCUT2D eigenvalue weighted by Crippen LogP contribution is 2.19. The average molecular weight is 465 g/mol. The number of nitrogens with one attached hydrogen (secondary N) is 2. The number of aryl methyl sites for hydroxylation is 1. The molecule has 0 amide bonds. The lowest BCUT2D eigenvalue weighted by molar-refractivity contribution is 0.176. The predicted octanol–water partition coefficient (Wildman–Crippen LogP) is 3.25. The molecule has 24 heavy (non-hydrogen) atoms. The summed E-state index contributed by atoms with van der Waals surface area (Å²) in [5.74, 6) is 1.67. The lowest BCUT2D eigenvalue weighted by Crippen LogP contribution is -2.45. The Labute approximate surface area is 167 Å². The van der Waals surface area contributed by atoms with E-state index in [0.717, 1.165) is 31.4 Å². The Morgan fingerprint density at radius 3 is 2.71 bits per heavy atom. The molecule has 0 radical (unpaired) electrons. The molecule has 0 saturated carbocycles. The van der Waals surface area contributed by atoms with Crippen LogP contribution in [0.2, 0.25) is 0 Å². The average Bonchev–Trinajstić information content (AvgIpc) is 2.97. The molecule has 5 nitrogen and oxygen atoms in total. The summed E-state index contributed by atoms with van der Waals surface area (Å²) in [5, 5.41) is 10.3. The summed E-state index contributed by atoms with van der Waals surface area (Å²) in [7, 11) is 1.84. The van der Waals surface area contributed by atoms with Crippen molar-refractivity contribution in [3.8, 4) is 0 Å². The lowest BCUT2D eigenvalue weighted by atomic mass is 9.97. The second-order valence-electron chi connectivity index (χ2n) is 6.48. The zero-order chi connectivity index (χ0) is 16.7. The van der Waals surface area contributed by atoms with E-state index in [4.69, 9.17) is 0 Å². The van der Waals surface area contributed by atoms with Gasteiger partial charge in [0.2, 0.25) is 0 Å². The van der Waals surface area contributed by atoms with Gasteiger partial charge < -0.3 is 10.6 Å². The molecule has 1 saturated heterocycles. The molecule has 1 fully saturated rings. The summed E-state index contributed by atoms with van der Waals surface area (Å²) >= 11 is 1.75. The van der Waals surface area contributed by atoms with Crippen LogP contribution in [0.4, 0.5) is 0 Å². The molecular weight excluding hydrogens is 433 g/mol. The quantitative estimate of drug-likeness (QED) is 0.385. The van der Waals surface area contributed by atoms with E-state index in [9.17, 15) is 0 Å². The minimum Gasteiger partial charge on any atom is -0.356 e. The van der Waals surface area contributed by atoms with Gasteiger partial charge in [0.05, 0.1) is 10.7 Å². The molecule has 138 valence electrons. The number of nitrogens with zero attached hydrogens (tertiary/aromatic N) is 3. The molecule has 0 aliphatic carbocycles. The monoisotopic (exact) mass is 465 g/mol. The van der Waals surface area contributed by atoms with Crippen molar-refractivity contribution in [3.05, 3.63) is 16.1 Å². The first kappa shape index (κ1) is 21.6. The van der Waals surface area contributed by atoms with Crippen LogP contribution >= 0.6 is 35.3 Å². The Hall–Kier alpha value is -0.410. The number of piperidine rings is 1. The fourth-order valence-electron chi connectivity index (χ4n) is 2.83. The Bertz CT molecular complexity index is 497. The van der Waals surface area contributed by atoms with Crippen molar-refractivity contribution in [2.45, 2.75) is 52.6 Å². The van der Waals surface area contributed by atoms with Crippen LogP contribution in [0.25, 0.3) is 0 Å². The fraction of sp³-hybridized carbons (Fsp3) is 0.765. The van der Waals surface area contributed by atoms with Gasteiger partial charge in [0.25, 0.3) is 0 Å². The Balaban J connectivity index is 0.00000288. The number of hydrogen-bond donors (Lipinski definition) is 2. The van der Waals surface area contributed by atoms with Crippen LogP contribution < -0.4 is 10.6 Å². The predicted molar refractivity (Wildman–Crippen MR) is 115 cm³/mol. The van der Waals surface area contributed by atoms with Crippen LogP contribution in [-0.2, 0) is 6.54 Å². The van der Waals surface area contributed by atoms with E-state index in [0.29, 0.717) is 6.04 Å². The van der Waals surface area contributed by atoms with Gasteiger partial charge in [0.1, 0.15) is 0 Å². The van der Waals surface area contributed by atoms with Crippen molar-refractivity contribution >= 4 is 41.3 Å². The van der Waals surface area contributed by atoms with Crippen LogP contribution in [0.5, 0.6) is 0 Å². The molecule has 2 rings (SSSR count). The third kappa shape index (κ3) is 7.23. The number of hydrogen-bond acceptors (Lipinski definition) is 4. The molecule has 1 aromatic rings. The van der Waals surface area contributed by atoms with Gasteiger partial charge >= 0.3 is 0 Å². The maximum absolute atomic E-state index is 4.57. The largest absolute Gasteiger partial charge is 0.356 e. The van der Waals surface area contributed by atoms with Crippen LogP contribution in [-0.4, -0.2) is 48.6 Å². The molecule has 1 aliphatic rings. The summed E-state index contributed by atoms with van der Waals surface area (Å²) < 4.78 is 0. The highest BCUT2D eigenvalue weighted by Gasteiger charge is 2.20. The molecule has 2 N–H and O–H groups in total. The number of rotatable bonds is 6. The molecule has 1 aliphatic heterocycles. The SMILES string of the molecule is CCC(C)NC(=NC)NCC1CCN(Cc2csc(C)n2)CC1.I. The van der Waals surface area contributed by atoms with E-state index in [-0.39, 0.29) is 24.0 Å². The van der Waals surface area contributed by atoms with Crippen molar-refractivity contribution in [3.63, 3.8) is 0 Å².